The van der Waals surface area contributed by atoms with E-state index in [1.165, 1.54) is 37.3 Å². The number of nitrogens with one attached hydrogen (secondary N) is 1. The number of ether oxygens (including phenoxy) is 1. The number of benzene rings is 3. The normalized spacial score (nSPS) is 11.8. The first kappa shape index (κ1) is 22.2. The van der Waals surface area contributed by atoms with Gasteiger partial charge in [-0.05, 0) is 54.1 Å². The average Bonchev–Trinajstić information content (AvgIpc) is 2.72. The molecular weight excluding hydrogens is 442 g/mol. The lowest BCUT2D eigenvalue weighted by Gasteiger charge is -2.13. The van der Waals surface area contributed by atoms with Crippen molar-refractivity contribution in [2.75, 3.05) is 18.1 Å². The van der Waals surface area contributed by atoms with Gasteiger partial charge < -0.3 is 4.74 Å². The second-order valence-electron chi connectivity index (χ2n) is 6.48. The van der Waals surface area contributed by atoms with Crippen molar-refractivity contribution < 1.29 is 21.6 Å². The van der Waals surface area contributed by atoms with Crippen LogP contribution >= 0.6 is 11.8 Å². The molecule has 3 aromatic carbocycles. The largest absolute Gasteiger partial charge is 0.497 e. The van der Waals surface area contributed by atoms with Gasteiger partial charge in [-0.15, -0.1) is 11.8 Å². The first-order chi connectivity index (χ1) is 14.2. The molecular formula is C21H21NO5S3. The lowest BCUT2D eigenvalue weighted by molar-refractivity contribution is 0.414. The first-order valence-corrected chi connectivity index (χ1v) is 13.2. The Morgan fingerprint density at radius 3 is 2.03 bits per heavy atom. The first-order valence-electron chi connectivity index (χ1n) is 8.87. The number of para-hydroxylation sites is 1. The Kier molecular flexibility index (Phi) is 6.74. The van der Waals surface area contributed by atoms with Crippen LogP contribution in [-0.4, -0.2) is 30.2 Å². The number of thioether (sulfide) groups is 1. The van der Waals surface area contributed by atoms with Crippen LogP contribution < -0.4 is 9.46 Å². The van der Waals surface area contributed by atoms with E-state index in [9.17, 15) is 16.8 Å². The van der Waals surface area contributed by atoms with Crippen molar-refractivity contribution in [1.29, 1.82) is 0 Å². The van der Waals surface area contributed by atoms with Crippen molar-refractivity contribution >= 4 is 37.3 Å². The van der Waals surface area contributed by atoms with Gasteiger partial charge in [0.05, 0.1) is 22.6 Å². The molecule has 0 radical (unpaired) electrons. The summed E-state index contributed by atoms with van der Waals surface area (Å²) in [5.41, 5.74) is 1.41. The molecule has 0 heterocycles. The summed E-state index contributed by atoms with van der Waals surface area (Å²) in [5.74, 6) is 1.14. The Labute approximate surface area is 181 Å². The van der Waals surface area contributed by atoms with E-state index in [2.05, 4.69) is 4.72 Å². The fraction of sp³-hybridized carbons (Fsp3) is 0.143. The number of sulfone groups is 1. The molecule has 0 aliphatic heterocycles. The summed E-state index contributed by atoms with van der Waals surface area (Å²) in [6, 6.07) is 20.0. The molecule has 3 rings (SSSR count). The number of methoxy groups -OCH3 is 1. The standard InChI is InChI=1S/C21H21NO5S3/c1-27-17-9-13-19(14-10-17)30(25,26)22-20-5-3-4-6-21(20)28-15-16-7-11-18(12-8-16)29(2,23)24/h3-14,22H,15H2,1-2H3. The molecule has 0 aromatic heterocycles. The predicted octanol–water partition coefficient (Wildman–Crippen LogP) is 4.19. The van der Waals surface area contributed by atoms with Crippen LogP contribution in [0, 0.1) is 0 Å². The average molecular weight is 464 g/mol. The third-order valence-electron chi connectivity index (χ3n) is 4.25. The van der Waals surface area contributed by atoms with Crippen molar-refractivity contribution in [3.05, 3.63) is 78.4 Å². The summed E-state index contributed by atoms with van der Waals surface area (Å²) >= 11 is 1.46. The van der Waals surface area contributed by atoms with E-state index in [0.29, 0.717) is 17.2 Å². The van der Waals surface area contributed by atoms with Crippen LogP contribution in [0.4, 0.5) is 5.69 Å². The Morgan fingerprint density at radius 1 is 0.833 bits per heavy atom. The van der Waals surface area contributed by atoms with Crippen molar-refractivity contribution in [3.8, 4) is 5.75 Å². The Balaban J connectivity index is 1.75. The van der Waals surface area contributed by atoms with Gasteiger partial charge >= 0.3 is 0 Å². The molecule has 0 bridgehead atoms. The lowest BCUT2D eigenvalue weighted by Crippen LogP contribution is -2.13. The fourth-order valence-corrected chi connectivity index (χ4v) is 5.37. The zero-order chi connectivity index (χ0) is 21.8. The Bertz CT molecular complexity index is 1220. The molecule has 1 N–H and O–H groups in total. The van der Waals surface area contributed by atoms with Gasteiger partial charge in [-0.1, -0.05) is 24.3 Å². The van der Waals surface area contributed by atoms with Gasteiger partial charge in [0.2, 0.25) is 0 Å². The second kappa shape index (κ2) is 9.11. The molecule has 0 unspecified atom stereocenters. The molecule has 0 atom stereocenters. The van der Waals surface area contributed by atoms with Gasteiger partial charge in [0.1, 0.15) is 5.75 Å². The highest BCUT2D eigenvalue weighted by atomic mass is 32.2. The van der Waals surface area contributed by atoms with Crippen LogP contribution in [0.15, 0.2) is 87.5 Å². The summed E-state index contributed by atoms with van der Waals surface area (Å²) in [7, 11) is -5.47. The summed E-state index contributed by atoms with van der Waals surface area (Å²) in [4.78, 5) is 1.17. The quantitative estimate of drug-likeness (QED) is 0.504. The molecule has 9 heteroatoms. The van der Waals surface area contributed by atoms with Crippen molar-refractivity contribution in [1.82, 2.24) is 0 Å². The van der Waals surface area contributed by atoms with Gasteiger partial charge in [0.15, 0.2) is 9.84 Å². The summed E-state index contributed by atoms with van der Waals surface area (Å²) < 4.78 is 56.3. The number of hydrogen-bond donors (Lipinski definition) is 1. The molecule has 0 amide bonds. The number of sulfonamides is 1. The Morgan fingerprint density at radius 2 is 1.43 bits per heavy atom. The highest BCUT2D eigenvalue weighted by Gasteiger charge is 2.16. The molecule has 0 aliphatic carbocycles. The minimum atomic E-state index is -3.75. The molecule has 6 nitrogen and oxygen atoms in total. The maximum absolute atomic E-state index is 12.7. The van der Waals surface area contributed by atoms with Gasteiger partial charge in [-0.3, -0.25) is 4.72 Å². The third kappa shape index (κ3) is 5.56. The molecule has 0 fully saturated rings. The monoisotopic (exact) mass is 463 g/mol. The molecule has 30 heavy (non-hydrogen) atoms. The topological polar surface area (TPSA) is 89.5 Å². The van der Waals surface area contributed by atoms with Gasteiger partial charge in [-0.25, -0.2) is 16.8 Å². The smallest absolute Gasteiger partial charge is 0.261 e. The third-order valence-corrected chi connectivity index (χ3v) is 7.90. The number of rotatable bonds is 8. The van der Waals surface area contributed by atoms with Gasteiger partial charge in [0, 0.05) is 16.9 Å². The van der Waals surface area contributed by atoms with Gasteiger partial charge in [0.25, 0.3) is 10.0 Å². The SMILES string of the molecule is COc1ccc(S(=O)(=O)Nc2ccccc2SCc2ccc(S(C)(=O)=O)cc2)cc1. The Hall–Kier alpha value is -2.49. The van der Waals surface area contributed by atoms with E-state index in [1.54, 1.807) is 48.5 Å². The van der Waals surface area contributed by atoms with E-state index in [1.807, 2.05) is 12.1 Å². The van der Waals surface area contributed by atoms with Crippen molar-refractivity contribution in [2.45, 2.75) is 20.4 Å². The number of hydrogen-bond acceptors (Lipinski definition) is 6. The summed E-state index contributed by atoms with van der Waals surface area (Å²) in [6.07, 6.45) is 1.17. The van der Waals surface area contributed by atoms with Crippen molar-refractivity contribution in [2.24, 2.45) is 0 Å². The van der Waals surface area contributed by atoms with Crippen LogP contribution in [0.5, 0.6) is 5.75 Å². The zero-order valence-corrected chi connectivity index (χ0v) is 18.9. The molecule has 0 saturated heterocycles. The van der Waals surface area contributed by atoms with E-state index >= 15 is 0 Å². The van der Waals surface area contributed by atoms with Crippen molar-refractivity contribution in [3.63, 3.8) is 0 Å². The zero-order valence-electron chi connectivity index (χ0n) is 16.4. The van der Waals surface area contributed by atoms with Crippen LogP contribution in [0.2, 0.25) is 0 Å². The molecule has 0 aliphatic rings. The van der Waals surface area contributed by atoms with Crippen LogP contribution in [0.25, 0.3) is 0 Å². The molecule has 3 aromatic rings. The van der Waals surface area contributed by atoms with Gasteiger partial charge in [-0.2, -0.15) is 0 Å². The van der Waals surface area contributed by atoms with Crippen LogP contribution in [0.1, 0.15) is 5.56 Å². The maximum atomic E-state index is 12.7. The minimum Gasteiger partial charge on any atom is -0.497 e. The van der Waals surface area contributed by atoms with E-state index in [0.717, 1.165) is 10.5 Å². The fourth-order valence-electron chi connectivity index (χ4n) is 2.63. The molecule has 158 valence electrons. The summed E-state index contributed by atoms with van der Waals surface area (Å²) in [5, 5.41) is 0. The predicted molar refractivity (Wildman–Crippen MR) is 119 cm³/mol. The lowest BCUT2D eigenvalue weighted by atomic mass is 10.2. The maximum Gasteiger partial charge on any atom is 0.261 e. The van der Waals surface area contributed by atoms with Crippen LogP contribution in [0.3, 0.4) is 0 Å². The highest BCUT2D eigenvalue weighted by molar-refractivity contribution is 7.98. The molecule has 0 saturated carbocycles. The number of anilines is 1. The second-order valence-corrected chi connectivity index (χ2v) is 11.2. The summed E-state index contributed by atoms with van der Waals surface area (Å²) in [6.45, 7) is 0. The highest BCUT2D eigenvalue weighted by Crippen LogP contribution is 2.31. The van der Waals surface area contributed by atoms with E-state index in [4.69, 9.17) is 4.74 Å². The minimum absolute atomic E-state index is 0.138. The van der Waals surface area contributed by atoms with E-state index < -0.39 is 19.9 Å². The van der Waals surface area contributed by atoms with E-state index in [-0.39, 0.29) is 9.79 Å². The van der Waals surface area contributed by atoms with Crippen LogP contribution in [-0.2, 0) is 25.6 Å². The molecule has 0 spiro atoms.